The van der Waals surface area contributed by atoms with Crippen LogP contribution in [-0.2, 0) is 11.3 Å². The van der Waals surface area contributed by atoms with Gasteiger partial charge in [0.25, 0.3) is 0 Å². The van der Waals surface area contributed by atoms with Crippen molar-refractivity contribution in [3.05, 3.63) is 18.0 Å². The molecular formula is C16H26N4O2. The number of hydrogen-bond acceptors (Lipinski definition) is 6. The minimum atomic E-state index is 0.0346. The van der Waals surface area contributed by atoms with E-state index in [-0.39, 0.29) is 12.0 Å². The summed E-state index contributed by atoms with van der Waals surface area (Å²) in [6.07, 6.45) is 6.11. The van der Waals surface area contributed by atoms with Gasteiger partial charge in [-0.15, -0.1) is 0 Å². The van der Waals surface area contributed by atoms with Crippen molar-refractivity contribution in [2.45, 2.75) is 26.3 Å². The average Bonchev–Trinajstić information content (AvgIpc) is 2.56. The standard InChI is InChI=1S/C16H26N4O2/c1-16(13-21)3-2-4-19(12-16)11-14-9-17-15(18-10-14)20-5-7-22-8-6-20/h9-10,21H,2-8,11-13H2,1H3. The lowest BCUT2D eigenvalue weighted by atomic mass is 9.83. The van der Waals surface area contributed by atoms with Gasteiger partial charge >= 0.3 is 0 Å². The molecule has 1 aromatic heterocycles. The summed E-state index contributed by atoms with van der Waals surface area (Å²) >= 11 is 0. The van der Waals surface area contributed by atoms with Crippen molar-refractivity contribution in [1.29, 1.82) is 0 Å². The molecule has 6 nitrogen and oxygen atoms in total. The van der Waals surface area contributed by atoms with Gasteiger partial charge in [0, 0.05) is 56.2 Å². The molecule has 0 aromatic carbocycles. The highest BCUT2D eigenvalue weighted by Crippen LogP contribution is 2.29. The quantitative estimate of drug-likeness (QED) is 0.892. The van der Waals surface area contributed by atoms with Crippen LogP contribution in [0.15, 0.2) is 12.4 Å². The van der Waals surface area contributed by atoms with Crippen LogP contribution in [0.5, 0.6) is 0 Å². The summed E-state index contributed by atoms with van der Waals surface area (Å²) in [5.41, 5.74) is 1.17. The minimum Gasteiger partial charge on any atom is -0.396 e. The van der Waals surface area contributed by atoms with Crippen molar-refractivity contribution >= 4 is 5.95 Å². The molecule has 1 aromatic rings. The summed E-state index contributed by atoms with van der Waals surface area (Å²) in [4.78, 5) is 13.6. The summed E-state index contributed by atoms with van der Waals surface area (Å²) in [6, 6.07) is 0. The van der Waals surface area contributed by atoms with Crippen LogP contribution in [-0.4, -0.2) is 66.0 Å². The van der Waals surface area contributed by atoms with Crippen LogP contribution in [0.3, 0.4) is 0 Å². The number of piperidine rings is 1. The Morgan fingerprint density at radius 1 is 1.23 bits per heavy atom. The zero-order chi connectivity index (χ0) is 15.4. The van der Waals surface area contributed by atoms with Crippen molar-refractivity contribution in [3.63, 3.8) is 0 Å². The Balaban J connectivity index is 1.58. The highest BCUT2D eigenvalue weighted by atomic mass is 16.5. The fraction of sp³-hybridized carbons (Fsp3) is 0.750. The van der Waals surface area contributed by atoms with E-state index in [0.717, 1.165) is 70.3 Å². The number of aliphatic hydroxyl groups excluding tert-OH is 1. The highest BCUT2D eigenvalue weighted by Gasteiger charge is 2.30. The van der Waals surface area contributed by atoms with Crippen LogP contribution >= 0.6 is 0 Å². The maximum absolute atomic E-state index is 9.55. The van der Waals surface area contributed by atoms with Crippen molar-refractivity contribution in [1.82, 2.24) is 14.9 Å². The van der Waals surface area contributed by atoms with Gasteiger partial charge < -0.3 is 14.7 Å². The number of anilines is 1. The number of morpholine rings is 1. The first-order valence-electron chi connectivity index (χ1n) is 8.15. The molecule has 2 aliphatic rings. The maximum atomic E-state index is 9.55. The number of hydrogen-bond donors (Lipinski definition) is 1. The highest BCUT2D eigenvalue weighted by molar-refractivity contribution is 5.30. The Bertz CT molecular complexity index is 476. The van der Waals surface area contributed by atoms with Gasteiger partial charge in [-0.05, 0) is 19.4 Å². The molecule has 22 heavy (non-hydrogen) atoms. The predicted octanol–water partition coefficient (Wildman–Crippen LogP) is 0.908. The maximum Gasteiger partial charge on any atom is 0.225 e. The van der Waals surface area contributed by atoms with Gasteiger partial charge in [0.05, 0.1) is 13.2 Å². The molecule has 0 saturated carbocycles. The molecule has 0 radical (unpaired) electrons. The normalized spacial score (nSPS) is 27.1. The molecule has 2 fully saturated rings. The third-order valence-electron chi connectivity index (χ3n) is 4.63. The molecule has 1 N–H and O–H groups in total. The molecule has 1 unspecified atom stereocenters. The number of aromatic nitrogens is 2. The van der Waals surface area contributed by atoms with Crippen LogP contribution in [0.1, 0.15) is 25.3 Å². The molecule has 3 heterocycles. The summed E-state index contributed by atoms with van der Waals surface area (Å²) in [5.74, 6) is 0.797. The van der Waals surface area contributed by atoms with Gasteiger partial charge in [-0.2, -0.15) is 0 Å². The lowest BCUT2D eigenvalue weighted by Gasteiger charge is -2.39. The smallest absolute Gasteiger partial charge is 0.225 e. The molecule has 0 spiro atoms. The fourth-order valence-electron chi connectivity index (χ4n) is 3.31. The number of ether oxygens (including phenoxy) is 1. The molecule has 0 aliphatic carbocycles. The molecule has 2 aliphatic heterocycles. The van der Waals surface area contributed by atoms with Gasteiger partial charge in [0.2, 0.25) is 5.95 Å². The van der Waals surface area contributed by atoms with Crippen LogP contribution in [0.2, 0.25) is 0 Å². The van der Waals surface area contributed by atoms with E-state index in [1.165, 1.54) is 0 Å². The van der Waals surface area contributed by atoms with E-state index in [9.17, 15) is 5.11 Å². The first-order chi connectivity index (χ1) is 10.7. The van der Waals surface area contributed by atoms with E-state index < -0.39 is 0 Å². The van der Waals surface area contributed by atoms with Crippen molar-refractivity contribution in [2.24, 2.45) is 5.41 Å². The van der Waals surface area contributed by atoms with Crippen molar-refractivity contribution in [2.75, 3.05) is 50.9 Å². The Hall–Kier alpha value is -1.24. The van der Waals surface area contributed by atoms with Crippen LogP contribution in [0.25, 0.3) is 0 Å². The fourth-order valence-corrected chi connectivity index (χ4v) is 3.31. The van der Waals surface area contributed by atoms with Gasteiger partial charge in [-0.1, -0.05) is 6.92 Å². The summed E-state index contributed by atoms with van der Waals surface area (Å²) in [7, 11) is 0. The third kappa shape index (κ3) is 3.74. The Labute approximate surface area is 132 Å². The van der Waals surface area contributed by atoms with E-state index in [4.69, 9.17) is 4.74 Å². The molecule has 6 heteroatoms. The number of likely N-dealkylation sites (tertiary alicyclic amines) is 1. The SMILES string of the molecule is CC1(CO)CCCN(Cc2cnc(N3CCOCC3)nc2)C1. The van der Waals surface area contributed by atoms with Crippen molar-refractivity contribution in [3.8, 4) is 0 Å². The van der Waals surface area contributed by atoms with Crippen LogP contribution in [0, 0.1) is 5.41 Å². The van der Waals surface area contributed by atoms with Gasteiger partial charge in [-0.25, -0.2) is 9.97 Å². The lowest BCUT2D eigenvalue weighted by molar-refractivity contribution is 0.0428. The van der Waals surface area contributed by atoms with Crippen LogP contribution in [0.4, 0.5) is 5.95 Å². The summed E-state index contributed by atoms with van der Waals surface area (Å²) in [5, 5.41) is 9.55. The first-order valence-corrected chi connectivity index (χ1v) is 8.15. The topological polar surface area (TPSA) is 61.7 Å². The van der Waals surface area contributed by atoms with E-state index in [2.05, 4.69) is 26.7 Å². The molecule has 2 saturated heterocycles. The number of rotatable bonds is 4. The lowest BCUT2D eigenvalue weighted by Crippen LogP contribution is -2.43. The Morgan fingerprint density at radius 3 is 2.64 bits per heavy atom. The molecule has 1 atom stereocenters. The molecular weight excluding hydrogens is 280 g/mol. The zero-order valence-corrected chi connectivity index (χ0v) is 13.4. The molecule has 0 bridgehead atoms. The minimum absolute atomic E-state index is 0.0346. The van der Waals surface area contributed by atoms with E-state index in [0.29, 0.717) is 0 Å². The number of nitrogens with zero attached hydrogens (tertiary/aromatic N) is 4. The molecule has 0 amide bonds. The number of aliphatic hydroxyl groups is 1. The second-order valence-corrected chi connectivity index (χ2v) is 6.77. The van der Waals surface area contributed by atoms with E-state index in [1.807, 2.05) is 12.4 Å². The summed E-state index contributed by atoms with van der Waals surface area (Å²) < 4.78 is 5.35. The van der Waals surface area contributed by atoms with Gasteiger partial charge in [-0.3, -0.25) is 4.90 Å². The van der Waals surface area contributed by atoms with Crippen LogP contribution < -0.4 is 4.90 Å². The summed E-state index contributed by atoms with van der Waals surface area (Å²) in [6.45, 7) is 8.53. The average molecular weight is 306 g/mol. The zero-order valence-electron chi connectivity index (χ0n) is 13.4. The molecule has 3 rings (SSSR count). The first kappa shape index (κ1) is 15.6. The van der Waals surface area contributed by atoms with Gasteiger partial charge in [0.15, 0.2) is 0 Å². The predicted molar refractivity (Wildman–Crippen MR) is 84.8 cm³/mol. The molecule has 122 valence electrons. The second kappa shape index (κ2) is 6.89. The largest absolute Gasteiger partial charge is 0.396 e. The monoisotopic (exact) mass is 306 g/mol. The van der Waals surface area contributed by atoms with Crippen molar-refractivity contribution < 1.29 is 9.84 Å². The third-order valence-corrected chi connectivity index (χ3v) is 4.63. The Morgan fingerprint density at radius 2 is 1.95 bits per heavy atom. The van der Waals surface area contributed by atoms with E-state index in [1.54, 1.807) is 0 Å². The van der Waals surface area contributed by atoms with E-state index >= 15 is 0 Å². The van der Waals surface area contributed by atoms with Gasteiger partial charge in [0.1, 0.15) is 0 Å². The second-order valence-electron chi connectivity index (χ2n) is 6.77. The Kier molecular flexibility index (Phi) is 4.90.